The highest BCUT2D eigenvalue weighted by Crippen LogP contribution is 2.35. The summed E-state index contributed by atoms with van der Waals surface area (Å²) >= 11 is 0. The number of anilines is 2. The van der Waals surface area contributed by atoms with E-state index >= 15 is 0 Å². The third kappa shape index (κ3) is 1.56. The van der Waals surface area contributed by atoms with Gasteiger partial charge in [-0.05, 0) is 5.92 Å². The van der Waals surface area contributed by atoms with Crippen LogP contribution in [0, 0.1) is 0 Å². The number of rotatable bonds is 2. The van der Waals surface area contributed by atoms with Crippen LogP contribution in [-0.2, 0) is 11.3 Å². The molecule has 0 radical (unpaired) electrons. The fourth-order valence-corrected chi connectivity index (χ4v) is 1.93. The van der Waals surface area contributed by atoms with Crippen molar-refractivity contribution < 1.29 is 9.90 Å². The van der Waals surface area contributed by atoms with Crippen molar-refractivity contribution in [3.05, 3.63) is 5.56 Å². The van der Waals surface area contributed by atoms with Crippen LogP contribution in [0.15, 0.2) is 0 Å². The molecule has 1 aromatic heterocycles. The normalized spacial score (nSPS) is 19.9. The van der Waals surface area contributed by atoms with Crippen LogP contribution < -0.4 is 11.1 Å². The Bertz CT molecular complexity index is 399. The third-order valence-electron chi connectivity index (χ3n) is 2.57. The van der Waals surface area contributed by atoms with Crippen LogP contribution in [0.25, 0.3) is 0 Å². The lowest BCUT2D eigenvalue weighted by Crippen LogP contribution is -2.23. The molecule has 1 aromatic rings. The number of fused-ring (bicyclic) bond motifs is 1. The average Bonchev–Trinajstić information content (AvgIpc) is 2.43. The predicted octanol–water partition coefficient (Wildman–Crippen LogP) is -0.0967. The van der Waals surface area contributed by atoms with E-state index in [1.54, 1.807) is 0 Å². The number of aliphatic hydroxyl groups is 1. The molecule has 1 unspecified atom stereocenters. The zero-order chi connectivity index (χ0) is 11.0. The number of carbonyl (C=O) groups excluding carboxylic acids is 1. The number of nitrogens with zero attached hydrogens (tertiary/aromatic N) is 2. The van der Waals surface area contributed by atoms with Gasteiger partial charge in [-0.1, -0.05) is 6.92 Å². The molecule has 1 aliphatic rings. The first-order chi connectivity index (χ1) is 7.13. The molecule has 1 atom stereocenters. The van der Waals surface area contributed by atoms with Crippen LogP contribution in [0.3, 0.4) is 0 Å². The van der Waals surface area contributed by atoms with Crippen molar-refractivity contribution in [2.75, 3.05) is 17.7 Å². The molecule has 6 nitrogen and oxygen atoms in total. The summed E-state index contributed by atoms with van der Waals surface area (Å²) < 4.78 is 1.54. The fourth-order valence-electron chi connectivity index (χ4n) is 1.93. The van der Waals surface area contributed by atoms with Crippen molar-refractivity contribution in [3.63, 3.8) is 0 Å². The van der Waals surface area contributed by atoms with E-state index in [1.165, 1.54) is 4.68 Å². The van der Waals surface area contributed by atoms with Gasteiger partial charge in [0.05, 0.1) is 13.2 Å². The Morgan fingerprint density at radius 3 is 3.13 bits per heavy atom. The number of nitrogens with one attached hydrogen (secondary N) is 1. The molecule has 2 rings (SSSR count). The summed E-state index contributed by atoms with van der Waals surface area (Å²) in [7, 11) is 0. The number of hydrogen-bond acceptors (Lipinski definition) is 4. The Morgan fingerprint density at radius 2 is 2.47 bits per heavy atom. The van der Waals surface area contributed by atoms with Gasteiger partial charge in [0.15, 0.2) is 5.82 Å². The highest BCUT2D eigenvalue weighted by atomic mass is 16.3. The third-order valence-corrected chi connectivity index (χ3v) is 2.57. The molecule has 1 amide bonds. The molecular formula is C9H14N4O2. The smallest absolute Gasteiger partial charge is 0.226 e. The van der Waals surface area contributed by atoms with Crippen LogP contribution in [0.4, 0.5) is 11.6 Å². The average molecular weight is 210 g/mol. The molecule has 15 heavy (non-hydrogen) atoms. The minimum absolute atomic E-state index is 0.0299. The number of nitrogen functional groups attached to an aromatic ring is 1. The molecule has 0 spiro atoms. The Morgan fingerprint density at radius 1 is 1.73 bits per heavy atom. The van der Waals surface area contributed by atoms with Crippen molar-refractivity contribution in [2.45, 2.75) is 25.8 Å². The minimum Gasteiger partial charge on any atom is -0.394 e. The number of nitrogens with two attached hydrogens (primary N) is 1. The summed E-state index contributed by atoms with van der Waals surface area (Å²) in [5, 5.41) is 15.7. The van der Waals surface area contributed by atoms with Gasteiger partial charge >= 0.3 is 0 Å². The maximum Gasteiger partial charge on any atom is 0.226 e. The zero-order valence-corrected chi connectivity index (χ0v) is 8.53. The Balaban J connectivity index is 2.46. The highest BCUT2D eigenvalue weighted by molar-refractivity contribution is 5.94. The summed E-state index contributed by atoms with van der Waals surface area (Å²) in [6, 6.07) is 0. The molecule has 4 N–H and O–H groups in total. The second-order valence-electron chi connectivity index (χ2n) is 3.75. The number of carbonyl (C=O) groups is 1. The van der Waals surface area contributed by atoms with Gasteiger partial charge in [-0.15, -0.1) is 0 Å². The van der Waals surface area contributed by atoms with E-state index in [1.807, 2.05) is 6.92 Å². The minimum atomic E-state index is -0.0333. The van der Waals surface area contributed by atoms with Gasteiger partial charge in [-0.3, -0.25) is 4.79 Å². The SMILES string of the molecule is CC1CC(=O)Nc2c1c(N)nn2CCO. The first-order valence-electron chi connectivity index (χ1n) is 4.90. The number of hydrogen-bond donors (Lipinski definition) is 3. The van der Waals surface area contributed by atoms with Gasteiger partial charge in [-0.25, -0.2) is 4.68 Å². The highest BCUT2D eigenvalue weighted by Gasteiger charge is 2.28. The topological polar surface area (TPSA) is 93.2 Å². The number of aliphatic hydroxyl groups excluding tert-OH is 1. The Labute approximate surface area is 87.1 Å². The summed E-state index contributed by atoms with van der Waals surface area (Å²) in [5.74, 6) is 1.12. The number of aromatic nitrogens is 2. The van der Waals surface area contributed by atoms with Crippen LogP contribution >= 0.6 is 0 Å². The Hall–Kier alpha value is -1.56. The van der Waals surface area contributed by atoms with Gasteiger partial charge in [-0.2, -0.15) is 5.10 Å². The van der Waals surface area contributed by atoms with Gasteiger partial charge in [0, 0.05) is 12.0 Å². The molecule has 6 heteroatoms. The molecule has 0 fully saturated rings. The van der Waals surface area contributed by atoms with Crippen molar-refractivity contribution in [3.8, 4) is 0 Å². The molecule has 82 valence electrons. The van der Waals surface area contributed by atoms with E-state index in [-0.39, 0.29) is 18.4 Å². The summed E-state index contributed by atoms with van der Waals surface area (Å²) in [6.07, 6.45) is 0.433. The van der Waals surface area contributed by atoms with Crippen molar-refractivity contribution >= 4 is 17.5 Å². The van der Waals surface area contributed by atoms with Crippen LogP contribution in [0.2, 0.25) is 0 Å². The predicted molar refractivity (Wildman–Crippen MR) is 55.4 cm³/mol. The summed E-state index contributed by atoms with van der Waals surface area (Å²) in [4.78, 5) is 11.3. The monoisotopic (exact) mass is 210 g/mol. The molecule has 0 bridgehead atoms. The van der Waals surface area contributed by atoms with Crippen molar-refractivity contribution in [1.29, 1.82) is 0 Å². The van der Waals surface area contributed by atoms with Crippen LogP contribution in [0.1, 0.15) is 24.8 Å². The lowest BCUT2D eigenvalue weighted by molar-refractivity contribution is -0.116. The number of amides is 1. The van der Waals surface area contributed by atoms with Crippen molar-refractivity contribution in [1.82, 2.24) is 9.78 Å². The summed E-state index contributed by atoms with van der Waals surface area (Å²) in [5.41, 5.74) is 6.64. The largest absolute Gasteiger partial charge is 0.394 e. The van der Waals surface area contributed by atoms with E-state index in [0.29, 0.717) is 24.6 Å². The molecule has 0 aromatic carbocycles. The van der Waals surface area contributed by atoms with Gasteiger partial charge in [0.25, 0.3) is 0 Å². The lowest BCUT2D eigenvalue weighted by Gasteiger charge is -2.20. The molecule has 0 saturated carbocycles. The molecular weight excluding hydrogens is 196 g/mol. The maximum absolute atomic E-state index is 11.3. The second-order valence-corrected chi connectivity index (χ2v) is 3.75. The quantitative estimate of drug-likeness (QED) is 0.635. The molecule has 1 aliphatic heterocycles. The first kappa shape index (κ1) is 9.97. The summed E-state index contributed by atoms with van der Waals surface area (Å²) in [6.45, 7) is 2.25. The van der Waals surface area contributed by atoms with Crippen LogP contribution in [-0.4, -0.2) is 27.4 Å². The van der Waals surface area contributed by atoms with Gasteiger partial charge in [0.1, 0.15) is 5.82 Å². The Kier molecular flexibility index (Phi) is 2.36. The van der Waals surface area contributed by atoms with Gasteiger partial charge in [0.2, 0.25) is 5.91 Å². The second kappa shape index (κ2) is 3.54. The van der Waals surface area contributed by atoms with Crippen LogP contribution in [0.5, 0.6) is 0 Å². The molecule has 0 saturated heterocycles. The fraction of sp³-hybridized carbons (Fsp3) is 0.556. The lowest BCUT2D eigenvalue weighted by atomic mass is 9.96. The molecule has 2 heterocycles. The standard InChI is InChI=1S/C9H14N4O2/c1-5-4-6(15)11-9-7(5)8(10)12-13(9)2-3-14/h5,14H,2-4H2,1H3,(H2,10,12)(H,11,15). The van der Waals surface area contributed by atoms with E-state index in [4.69, 9.17) is 10.8 Å². The first-order valence-corrected chi connectivity index (χ1v) is 4.90. The van der Waals surface area contributed by atoms with E-state index in [2.05, 4.69) is 10.4 Å². The zero-order valence-electron chi connectivity index (χ0n) is 8.53. The van der Waals surface area contributed by atoms with E-state index in [0.717, 1.165) is 5.56 Å². The molecule has 0 aliphatic carbocycles. The van der Waals surface area contributed by atoms with E-state index < -0.39 is 0 Å². The van der Waals surface area contributed by atoms with Gasteiger partial charge < -0.3 is 16.2 Å². The maximum atomic E-state index is 11.3. The van der Waals surface area contributed by atoms with Crippen molar-refractivity contribution in [2.24, 2.45) is 0 Å². The van der Waals surface area contributed by atoms with E-state index in [9.17, 15) is 4.79 Å².